The molecule has 0 unspecified atom stereocenters. The van der Waals surface area contributed by atoms with Crippen LogP contribution in [0.25, 0.3) is 0 Å². The highest BCUT2D eigenvalue weighted by molar-refractivity contribution is 5.92. The third-order valence-electron chi connectivity index (χ3n) is 3.08. The van der Waals surface area contributed by atoms with Crippen LogP contribution in [0.2, 0.25) is 0 Å². The zero-order valence-electron chi connectivity index (χ0n) is 12.6. The molecule has 1 N–H and O–H groups in total. The van der Waals surface area contributed by atoms with Crippen molar-refractivity contribution in [1.29, 1.82) is 5.26 Å². The summed E-state index contributed by atoms with van der Waals surface area (Å²) in [6, 6.07) is 8.86. The summed E-state index contributed by atoms with van der Waals surface area (Å²) in [5, 5.41) is 11.7. The Labute approximate surface area is 125 Å². The van der Waals surface area contributed by atoms with E-state index in [1.165, 1.54) is 11.8 Å². The number of hydrogen-bond donors (Lipinski definition) is 1. The van der Waals surface area contributed by atoms with Crippen LogP contribution >= 0.6 is 0 Å². The average molecular weight is 287 g/mol. The van der Waals surface area contributed by atoms with E-state index in [2.05, 4.69) is 12.2 Å². The number of nitrogens with zero attached hydrogens (tertiary/aromatic N) is 2. The van der Waals surface area contributed by atoms with Gasteiger partial charge in [0.05, 0.1) is 11.6 Å². The molecule has 0 heterocycles. The normalized spacial score (nSPS) is 9.76. The first-order valence-electron chi connectivity index (χ1n) is 7.13. The van der Waals surface area contributed by atoms with E-state index in [1.54, 1.807) is 24.3 Å². The molecule has 2 amide bonds. The molecular formula is C16H21N3O2. The Bertz CT molecular complexity index is 535. The number of nitrogens with one attached hydrogen (secondary N) is 1. The van der Waals surface area contributed by atoms with Gasteiger partial charge in [0, 0.05) is 32.1 Å². The highest BCUT2D eigenvalue weighted by atomic mass is 16.2. The molecule has 0 fully saturated rings. The summed E-state index contributed by atoms with van der Waals surface area (Å²) in [6.45, 7) is 4.49. The maximum Gasteiger partial charge on any atom is 0.223 e. The predicted octanol–water partition coefficient (Wildman–Crippen LogP) is 2.22. The summed E-state index contributed by atoms with van der Waals surface area (Å²) in [7, 11) is 0. The van der Waals surface area contributed by atoms with E-state index in [9.17, 15) is 9.59 Å². The number of benzene rings is 1. The second-order valence-corrected chi connectivity index (χ2v) is 4.79. The van der Waals surface area contributed by atoms with Crippen LogP contribution in [0.5, 0.6) is 0 Å². The third-order valence-corrected chi connectivity index (χ3v) is 3.08. The molecule has 0 radical (unpaired) electrons. The lowest BCUT2D eigenvalue weighted by Crippen LogP contribution is -2.34. The minimum Gasteiger partial charge on any atom is -0.356 e. The molecule has 0 saturated carbocycles. The van der Waals surface area contributed by atoms with E-state index in [0.717, 1.165) is 12.8 Å². The molecule has 1 rings (SSSR count). The molecule has 0 atom stereocenters. The standard InChI is InChI=1S/C16H21N3O2/c1-3-4-9-18-16(21)8-10-19(13(2)20)15-7-5-6-14(11-15)12-17/h5-7,11H,3-4,8-10H2,1-2H3,(H,18,21). The Morgan fingerprint density at radius 3 is 2.76 bits per heavy atom. The van der Waals surface area contributed by atoms with Crippen molar-refractivity contribution in [2.24, 2.45) is 0 Å². The number of hydrogen-bond acceptors (Lipinski definition) is 3. The number of unbranched alkanes of at least 4 members (excludes halogenated alkanes) is 1. The van der Waals surface area contributed by atoms with Crippen molar-refractivity contribution in [1.82, 2.24) is 5.32 Å². The number of carbonyl (C=O) groups excluding carboxylic acids is 2. The lowest BCUT2D eigenvalue weighted by atomic mass is 10.2. The van der Waals surface area contributed by atoms with Gasteiger partial charge in [-0.15, -0.1) is 0 Å². The molecule has 0 spiro atoms. The summed E-state index contributed by atoms with van der Waals surface area (Å²) in [5.74, 6) is -0.211. The van der Waals surface area contributed by atoms with Crippen molar-refractivity contribution in [3.63, 3.8) is 0 Å². The van der Waals surface area contributed by atoms with Crippen LogP contribution in [-0.4, -0.2) is 24.9 Å². The highest BCUT2D eigenvalue weighted by Crippen LogP contribution is 2.16. The van der Waals surface area contributed by atoms with E-state index in [-0.39, 0.29) is 18.2 Å². The van der Waals surface area contributed by atoms with E-state index in [0.29, 0.717) is 24.3 Å². The Hall–Kier alpha value is -2.35. The molecule has 5 heteroatoms. The second kappa shape index (κ2) is 8.75. The van der Waals surface area contributed by atoms with Gasteiger partial charge in [0.25, 0.3) is 0 Å². The van der Waals surface area contributed by atoms with Gasteiger partial charge in [0.2, 0.25) is 11.8 Å². The maximum atomic E-state index is 11.7. The third kappa shape index (κ3) is 5.65. The first-order chi connectivity index (χ1) is 10.1. The van der Waals surface area contributed by atoms with Gasteiger partial charge in [-0.2, -0.15) is 5.26 Å². The van der Waals surface area contributed by atoms with Crippen LogP contribution in [0.15, 0.2) is 24.3 Å². The minimum atomic E-state index is -0.147. The topological polar surface area (TPSA) is 73.2 Å². The van der Waals surface area contributed by atoms with Crippen molar-refractivity contribution in [3.05, 3.63) is 29.8 Å². The molecule has 0 aliphatic heterocycles. The van der Waals surface area contributed by atoms with Gasteiger partial charge in [-0.3, -0.25) is 9.59 Å². The van der Waals surface area contributed by atoms with Gasteiger partial charge in [-0.1, -0.05) is 19.4 Å². The SMILES string of the molecule is CCCCNC(=O)CCN(C(C)=O)c1cccc(C#N)c1. The molecule has 0 bridgehead atoms. The highest BCUT2D eigenvalue weighted by Gasteiger charge is 2.13. The van der Waals surface area contributed by atoms with E-state index >= 15 is 0 Å². The van der Waals surface area contributed by atoms with Crippen LogP contribution in [0.1, 0.15) is 38.7 Å². The molecule has 5 nitrogen and oxygen atoms in total. The van der Waals surface area contributed by atoms with Gasteiger partial charge in [-0.25, -0.2) is 0 Å². The summed E-state index contributed by atoms with van der Waals surface area (Å²) in [6.07, 6.45) is 2.23. The van der Waals surface area contributed by atoms with Crippen molar-refractivity contribution in [2.45, 2.75) is 33.1 Å². The zero-order chi connectivity index (χ0) is 15.7. The second-order valence-electron chi connectivity index (χ2n) is 4.79. The van der Waals surface area contributed by atoms with E-state index in [4.69, 9.17) is 5.26 Å². The number of anilines is 1. The molecule has 1 aromatic rings. The molecule has 112 valence electrons. The van der Waals surface area contributed by atoms with Crippen LogP contribution < -0.4 is 10.2 Å². The minimum absolute atomic E-state index is 0.0638. The summed E-state index contributed by atoms with van der Waals surface area (Å²) < 4.78 is 0. The van der Waals surface area contributed by atoms with Crippen molar-refractivity contribution in [2.75, 3.05) is 18.0 Å². The molecule has 0 aliphatic carbocycles. The summed E-state index contributed by atoms with van der Waals surface area (Å²) >= 11 is 0. The lowest BCUT2D eigenvalue weighted by Gasteiger charge is -2.21. The molecule has 0 aliphatic rings. The van der Waals surface area contributed by atoms with Crippen LogP contribution in [-0.2, 0) is 9.59 Å². The molecule has 0 saturated heterocycles. The fraction of sp³-hybridized carbons (Fsp3) is 0.438. The number of carbonyl (C=O) groups is 2. The molecule has 21 heavy (non-hydrogen) atoms. The summed E-state index contributed by atoms with van der Waals surface area (Å²) in [4.78, 5) is 24.9. The quantitative estimate of drug-likeness (QED) is 0.781. The Kier molecular flexibility index (Phi) is 6.96. The lowest BCUT2D eigenvalue weighted by molar-refractivity contribution is -0.121. The van der Waals surface area contributed by atoms with Gasteiger partial charge in [-0.05, 0) is 24.6 Å². The fourth-order valence-corrected chi connectivity index (χ4v) is 1.92. The fourth-order valence-electron chi connectivity index (χ4n) is 1.92. The van der Waals surface area contributed by atoms with Gasteiger partial charge in [0.15, 0.2) is 0 Å². The Balaban J connectivity index is 2.64. The van der Waals surface area contributed by atoms with Gasteiger partial charge >= 0.3 is 0 Å². The van der Waals surface area contributed by atoms with Crippen LogP contribution in [0.3, 0.4) is 0 Å². The average Bonchev–Trinajstić information content (AvgIpc) is 2.47. The molecular weight excluding hydrogens is 266 g/mol. The molecule has 1 aromatic carbocycles. The predicted molar refractivity (Wildman–Crippen MR) is 81.7 cm³/mol. The van der Waals surface area contributed by atoms with Crippen LogP contribution in [0, 0.1) is 11.3 Å². The van der Waals surface area contributed by atoms with Crippen molar-refractivity contribution < 1.29 is 9.59 Å². The Morgan fingerprint density at radius 2 is 2.14 bits per heavy atom. The Morgan fingerprint density at radius 1 is 1.38 bits per heavy atom. The zero-order valence-corrected chi connectivity index (χ0v) is 12.6. The largest absolute Gasteiger partial charge is 0.356 e. The van der Waals surface area contributed by atoms with Gasteiger partial charge < -0.3 is 10.2 Å². The first-order valence-corrected chi connectivity index (χ1v) is 7.13. The maximum absolute atomic E-state index is 11.7. The van der Waals surface area contributed by atoms with E-state index in [1.807, 2.05) is 6.07 Å². The van der Waals surface area contributed by atoms with Crippen molar-refractivity contribution >= 4 is 17.5 Å². The van der Waals surface area contributed by atoms with Crippen molar-refractivity contribution in [3.8, 4) is 6.07 Å². The molecule has 0 aromatic heterocycles. The number of rotatable bonds is 7. The van der Waals surface area contributed by atoms with Crippen LogP contribution in [0.4, 0.5) is 5.69 Å². The monoisotopic (exact) mass is 287 g/mol. The smallest absolute Gasteiger partial charge is 0.223 e. The number of nitriles is 1. The summed E-state index contributed by atoms with van der Waals surface area (Å²) in [5.41, 5.74) is 1.13. The van der Waals surface area contributed by atoms with Gasteiger partial charge in [0.1, 0.15) is 0 Å². The number of amides is 2. The van der Waals surface area contributed by atoms with E-state index < -0.39 is 0 Å². The first kappa shape index (κ1) is 16.7.